The molecule has 0 atom stereocenters. The molecular formula is C26H30N4O6. The highest BCUT2D eigenvalue weighted by molar-refractivity contribution is 6.39. The number of benzene rings is 2. The lowest BCUT2D eigenvalue weighted by Gasteiger charge is -2.26. The second-order valence-electron chi connectivity index (χ2n) is 8.85. The average molecular weight is 495 g/mol. The number of aryl methyl sites for hydroxylation is 1. The first-order chi connectivity index (χ1) is 17.1. The van der Waals surface area contributed by atoms with Crippen molar-refractivity contribution in [2.45, 2.75) is 39.7 Å². The zero-order chi connectivity index (χ0) is 26.3. The summed E-state index contributed by atoms with van der Waals surface area (Å²) in [6.07, 6.45) is 3.28. The van der Waals surface area contributed by atoms with Crippen molar-refractivity contribution in [3.8, 4) is 22.8 Å². The molecule has 0 saturated heterocycles. The second kappa shape index (κ2) is 11.4. The van der Waals surface area contributed by atoms with Gasteiger partial charge in [0.2, 0.25) is 5.91 Å². The highest BCUT2D eigenvalue weighted by atomic mass is 16.5. The number of hydrogen-bond acceptors (Lipinski definition) is 7. The molecule has 0 unspecified atom stereocenters. The Bertz CT molecular complexity index is 1240. The summed E-state index contributed by atoms with van der Waals surface area (Å²) >= 11 is 0. The van der Waals surface area contributed by atoms with E-state index in [0.717, 1.165) is 5.56 Å². The van der Waals surface area contributed by atoms with Crippen molar-refractivity contribution in [3.63, 3.8) is 0 Å². The number of carbonyl (C=O) groups is 3. The molecule has 190 valence electrons. The summed E-state index contributed by atoms with van der Waals surface area (Å²) in [5, 5.41) is 8.04. The first-order valence-electron chi connectivity index (χ1n) is 11.3. The van der Waals surface area contributed by atoms with E-state index in [9.17, 15) is 14.4 Å². The first-order valence-corrected chi connectivity index (χ1v) is 11.3. The van der Waals surface area contributed by atoms with Gasteiger partial charge in [-0.15, -0.1) is 0 Å². The van der Waals surface area contributed by atoms with Crippen LogP contribution in [0.5, 0.6) is 11.5 Å². The highest BCUT2D eigenvalue weighted by Crippen LogP contribution is 2.32. The Morgan fingerprint density at radius 3 is 2.47 bits per heavy atom. The number of ether oxygens (including phenoxy) is 2. The Hall–Kier alpha value is -4.34. The van der Waals surface area contributed by atoms with Crippen molar-refractivity contribution in [1.82, 2.24) is 10.3 Å². The Balaban J connectivity index is 1.57. The van der Waals surface area contributed by atoms with Gasteiger partial charge in [0.25, 0.3) is 0 Å². The number of methoxy groups -OCH3 is 1. The number of rotatable bonds is 9. The van der Waals surface area contributed by atoms with Crippen LogP contribution in [0.25, 0.3) is 11.3 Å². The number of oxazole rings is 1. The summed E-state index contributed by atoms with van der Waals surface area (Å²) in [5.41, 5.74) is 1.86. The fraction of sp³-hybridized carbons (Fsp3) is 0.308. The molecule has 10 nitrogen and oxygen atoms in total. The summed E-state index contributed by atoms with van der Waals surface area (Å²) in [6, 6.07) is 10.4. The molecule has 0 saturated carbocycles. The number of amides is 3. The minimum Gasteiger partial charge on any atom is -0.496 e. The topological polar surface area (TPSA) is 132 Å². The van der Waals surface area contributed by atoms with Crippen LogP contribution in [0.3, 0.4) is 0 Å². The van der Waals surface area contributed by atoms with Crippen LogP contribution in [0.4, 0.5) is 11.4 Å². The molecule has 3 rings (SSSR count). The molecule has 0 radical (unpaired) electrons. The quantitative estimate of drug-likeness (QED) is 0.384. The molecule has 0 bridgehead atoms. The van der Waals surface area contributed by atoms with Gasteiger partial charge >= 0.3 is 11.8 Å². The number of aromatic nitrogens is 1. The molecule has 0 spiro atoms. The minimum absolute atomic E-state index is 0.201. The van der Waals surface area contributed by atoms with E-state index in [2.05, 4.69) is 20.9 Å². The fourth-order valence-electron chi connectivity index (χ4n) is 3.39. The SMILES string of the molecule is COc1cc(NC(=O)C(=O)NC(C)(C)CCOc2cc(C)ccc2NC(C)=O)ccc1-c1cnco1. The second-order valence-corrected chi connectivity index (χ2v) is 8.85. The molecule has 3 amide bonds. The van der Waals surface area contributed by atoms with Gasteiger partial charge in [-0.25, -0.2) is 4.98 Å². The van der Waals surface area contributed by atoms with Crippen LogP contribution in [0.2, 0.25) is 0 Å². The van der Waals surface area contributed by atoms with Gasteiger partial charge in [0, 0.05) is 30.6 Å². The standard InChI is InChI=1S/C26H30N4O6/c1-16-6-9-20(28-17(2)31)22(12-16)35-11-10-26(3,4)30-25(33)24(32)29-18-7-8-19(21(13-18)34-5)23-14-27-15-36-23/h6-9,12-15H,10-11H2,1-5H3,(H,28,31)(H,29,32)(H,30,33). The van der Waals surface area contributed by atoms with E-state index in [1.807, 2.05) is 19.1 Å². The largest absolute Gasteiger partial charge is 0.496 e. The molecule has 0 aliphatic rings. The molecule has 0 fully saturated rings. The zero-order valence-electron chi connectivity index (χ0n) is 20.9. The summed E-state index contributed by atoms with van der Waals surface area (Å²) < 4.78 is 16.5. The van der Waals surface area contributed by atoms with E-state index >= 15 is 0 Å². The highest BCUT2D eigenvalue weighted by Gasteiger charge is 2.25. The van der Waals surface area contributed by atoms with Crippen LogP contribution in [0, 0.1) is 6.92 Å². The number of hydrogen-bond donors (Lipinski definition) is 3. The van der Waals surface area contributed by atoms with Gasteiger partial charge in [0.1, 0.15) is 11.5 Å². The van der Waals surface area contributed by atoms with Gasteiger partial charge < -0.3 is 29.8 Å². The van der Waals surface area contributed by atoms with E-state index < -0.39 is 17.4 Å². The third-order valence-corrected chi connectivity index (χ3v) is 5.25. The summed E-state index contributed by atoms with van der Waals surface area (Å²) in [4.78, 5) is 40.4. The number of carbonyl (C=O) groups excluding carboxylic acids is 3. The van der Waals surface area contributed by atoms with Crippen molar-refractivity contribution in [3.05, 3.63) is 54.6 Å². The van der Waals surface area contributed by atoms with Crippen LogP contribution >= 0.6 is 0 Å². The number of anilines is 2. The smallest absolute Gasteiger partial charge is 0.313 e. The van der Waals surface area contributed by atoms with Crippen molar-refractivity contribution in [2.24, 2.45) is 0 Å². The first kappa shape index (κ1) is 26.3. The third-order valence-electron chi connectivity index (χ3n) is 5.25. The maximum Gasteiger partial charge on any atom is 0.313 e. The van der Waals surface area contributed by atoms with Crippen molar-refractivity contribution < 1.29 is 28.3 Å². The van der Waals surface area contributed by atoms with Gasteiger partial charge in [-0.3, -0.25) is 14.4 Å². The van der Waals surface area contributed by atoms with Gasteiger partial charge in [-0.2, -0.15) is 0 Å². The van der Waals surface area contributed by atoms with Crippen molar-refractivity contribution in [1.29, 1.82) is 0 Å². The molecule has 3 aromatic rings. The summed E-state index contributed by atoms with van der Waals surface area (Å²) in [7, 11) is 1.49. The Morgan fingerprint density at radius 2 is 1.81 bits per heavy atom. The van der Waals surface area contributed by atoms with Crippen molar-refractivity contribution in [2.75, 3.05) is 24.4 Å². The average Bonchev–Trinajstić information content (AvgIpc) is 3.34. The van der Waals surface area contributed by atoms with E-state index in [0.29, 0.717) is 40.6 Å². The van der Waals surface area contributed by atoms with Gasteiger partial charge in [0.15, 0.2) is 12.2 Å². The van der Waals surface area contributed by atoms with Crippen LogP contribution in [0.15, 0.2) is 53.4 Å². The minimum atomic E-state index is -0.815. The van der Waals surface area contributed by atoms with Crippen LogP contribution < -0.4 is 25.4 Å². The molecule has 3 N–H and O–H groups in total. The van der Waals surface area contributed by atoms with Gasteiger partial charge in [0.05, 0.1) is 31.2 Å². The van der Waals surface area contributed by atoms with Crippen molar-refractivity contribution >= 4 is 29.1 Å². The van der Waals surface area contributed by atoms with Crippen LogP contribution in [-0.4, -0.2) is 42.0 Å². The molecule has 0 aliphatic carbocycles. The lowest BCUT2D eigenvalue weighted by molar-refractivity contribution is -0.137. The third kappa shape index (κ3) is 7.08. The van der Waals surface area contributed by atoms with E-state index in [-0.39, 0.29) is 12.5 Å². The van der Waals surface area contributed by atoms with E-state index in [4.69, 9.17) is 13.9 Å². The lowest BCUT2D eigenvalue weighted by Crippen LogP contribution is -2.48. The monoisotopic (exact) mass is 494 g/mol. The zero-order valence-corrected chi connectivity index (χ0v) is 20.9. The maximum absolute atomic E-state index is 12.6. The molecular weight excluding hydrogens is 464 g/mol. The Morgan fingerprint density at radius 1 is 1.03 bits per heavy atom. The lowest BCUT2D eigenvalue weighted by atomic mass is 10.0. The molecule has 2 aromatic carbocycles. The molecule has 0 aliphatic heterocycles. The van der Waals surface area contributed by atoms with E-state index in [1.165, 1.54) is 20.4 Å². The Kier molecular flexibility index (Phi) is 8.31. The number of nitrogens with zero attached hydrogens (tertiary/aromatic N) is 1. The van der Waals surface area contributed by atoms with E-state index in [1.54, 1.807) is 44.3 Å². The Labute approximate surface area is 209 Å². The molecule has 1 aromatic heterocycles. The molecule has 36 heavy (non-hydrogen) atoms. The predicted molar refractivity (Wildman–Crippen MR) is 135 cm³/mol. The van der Waals surface area contributed by atoms with Gasteiger partial charge in [-0.1, -0.05) is 6.07 Å². The van der Waals surface area contributed by atoms with Crippen LogP contribution in [-0.2, 0) is 14.4 Å². The summed E-state index contributed by atoms with van der Waals surface area (Å²) in [6.45, 7) is 7.19. The molecule has 10 heteroatoms. The number of nitrogens with one attached hydrogen (secondary N) is 3. The fourth-order valence-corrected chi connectivity index (χ4v) is 3.39. The molecule has 1 heterocycles. The normalized spacial score (nSPS) is 10.9. The maximum atomic E-state index is 12.6. The van der Waals surface area contributed by atoms with Gasteiger partial charge in [-0.05, 0) is 50.6 Å². The predicted octanol–water partition coefficient (Wildman–Crippen LogP) is 3.92. The van der Waals surface area contributed by atoms with Crippen LogP contribution in [0.1, 0.15) is 32.8 Å². The summed E-state index contributed by atoms with van der Waals surface area (Å²) in [5.74, 6) is -0.295.